The Balaban J connectivity index is 1.68. The van der Waals surface area contributed by atoms with E-state index in [2.05, 4.69) is 32.2 Å². The smallest absolute Gasteiger partial charge is 0.220 e. The second-order valence-electron chi connectivity index (χ2n) is 8.47. The summed E-state index contributed by atoms with van der Waals surface area (Å²) in [6.07, 6.45) is 0. The number of aromatic nitrogens is 3. The lowest BCUT2D eigenvalue weighted by Crippen LogP contribution is -2.13. The number of ether oxygens (including phenoxy) is 1. The Hall–Kier alpha value is -2.59. The van der Waals surface area contributed by atoms with Crippen LogP contribution in [0, 0.1) is 30.9 Å². The second kappa shape index (κ2) is 11.9. The Morgan fingerprint density at radius 3 is 2.51 bits per heavy atom. The maximum atomic E-state index is 11.7. The largest absolute Gasteiger partial charge is 0.489 e. The molecule has 0 spiro atoms. The van der Waals surface area contributed by atoms with Gasteiger partial charge >= 0.3 is 0 Å². The molecule has 192 valence electrons. The highest BCUT2D eigenvalue weighted by molar-refractivity contribution is 9.10. The molecule has 0 saturated heterocycles. The molecule has 0 aliphatic heterocycles. The fourth-order valence-corrected chi connectivity index (χ4v) is 5.63. The summed E-state index contributed by atoms with van der Waals surface area (Å²) in [5, 5.41) is 21.2. The summed E-state index contributed by atoms with van der Waals surface area (Å²) in [5.74, 6) is 1.22. The molecule has 4 rings (SSSR count). The van der Waals surface area contributed by atoms with Gasteiger partial charge in [-0.2, -0.15) is 0 Å². The van der Waals surface area contributed by atoms with Gasteiger partial charge in [-0.05, 0) is 79.9 Å². The van der Waals surface area contributed by atoms with Crippen LogP contribution in [0.4, 0.5) is 0 Å². The molecule has 4 aromatic rings. The number of thioether (sulfide) groups is 1. The number of nitrogens with zero attached hydrogens (tertiary/aromatic N) is 4. The summed E-state index contributed by atoms with van der Waals surface area (Å²) in [5.41, 5.74) is 4.70. The zero-order valence-electron chi connectivity index (χ0n) is 20.2. The van der Waals surface area contributed by atoms with E-state index in [1.165, 1.54) is 17.3 Å². The summed E-state index contributed by atoms with van der Waals surface area (Å²) in [6.45, 7) is 5.84. The third-order valence-corrected chi connectivity index (χ3v) is 8.20. The first kappa shape index (κ1) is 27.4. The average molecular weight is 622 g/mol. The van der Waals surface area contributed by atoms with Crippen LogP contribution in [-0.4, -0.2) is 26.2 Å². The quantitative estimate of drug-likeness (QED) is 0.107. The van der Waals surface area contributed by atoms with Crippen molar-refractivity contribution in [1.29, 1.82) is 0 Å². The molecule has 0 fully saturated rings. The predicted octanol–water partition coefficient (Wildman–Crippen LogP) is 7.95. The van der Waals surface area contributed by atoms with E-state index in [1.54, 1.807) is 18.2 Å². The van der Waals surface area contributed by atoms with Gasteiger partial charge in [0.1, 0.15) is 23.4 Å². The van der Waals surface area contributed by atoms with Gasteiger partial charge in [-0.15, -0.1) is 10.2 Å². The van der Waals surface area contributed by atoms with E-state index in [9.17, 15) is 10.1 Å². The van der Waals surface area contributed by atoms with Crippen LogP contribution in [-0.2, 0) is 6.61 Å². The molecule has 0 amide bonds. The molecule has 11 heteroatoms. The molecular formula is C26H23BrCl2N4O3S. The van der Waals surface area contributed by atoms with Crippen molar-refractivity contribution in [3.63, 3.8) is 0 Å². The average Bonchev–Trinajstić information content (AvgIpc) is 3.21. The number of aryl methyl sites for hydroxylation is 3. The fraction of sp³-hybridized carbons (Fsp3) is 0.231. The number of hydrogen-bond donors (Lipinski definition) is 0. The van der Waals surface area contributed by atoms with Crippen LogP contribution in [0.15, 0.2) is 64.2 Å². The van der Waals surface area contributed by atoms with Crippen LogP contribution in [0.3, 0.4) is 0 Å². The van der Waals surface area contributed by atoms with Gasteiger partial charge in [-0.3, -0.25) is 14.7 Å². The molecule has 7 nitrogen and oxygen atoms in total. The molecule has 0 aliphatic carbocycles. The third-order valence-electron chi connectivity index (χ3n) is 5.80. The first-order valence-corrected chi connectivity index (χ1v) is 13.7. The van der Waals surface area contributed by atoms with Crippen LogP contribution in [0.1, 0.15) is 33.3 Å². The topological polar surface area (TPSA) is 83.1 Å². The van der Waals surface area contributed by atoms with Gasteiger partial charge in [0.2, 0.25) is 6.54 Å². The summed E-state index contributed by atoms with van der Waals surface area (Å²) < 4.78 is 8.82. The SMILES string of the molecule is Cc1ccc(-n2c(C)nnc2S[C@H](C[N+](=O)[O-])c2cc(Br)ccc2OCc2ccc(Cl)c(Cl)c2)cc1C. The van der Waals surface area contributed by atoms with E-state index in [1.807, 2.05) is 55.7 Å². The van der Waals surface area contributed by atoms with Gasteiger partial charge in [-0.25, -0.2) is 0 Å². The van der Waals surface area contributed by atoms with E-state index in [0.29, 0.717) is 32.3 Å². The lowest BCUT2D eigenvalue weighted by molar-refractivity contribution is -0.479. The molecule has 0 N–H and O–H groups in total. The molecule has 0 saturated carbocycles. The van der Waals surface area contributed by atoms with Crippen LogP contribution in [0.5, 0.6) is 5.75 Å². The highest BCUT2D eigenvalue weighted by Gasteiger charge is 2.27. The fourth-order valence-electron chi connectivity index (χ4n) is 3.74. The van der Waals surface area contributed by atoms with Crippen molar-refractivity contribution in [2.45, 2.75) is 37.8 Å². The van der Waals surface area contributed by atoms with Crippen molar-refractivity contribution in [1.82, 2.24) is 14.8 Å². The standard InChI is InChI=1S/C26H23BrCl2N4O3S/c1-15-4-7-20(10-16(15)2)33-17(3)30-31-26(33)37-25(13-32(34)35)21-12-19(27)6-9-24(21)36-14-18-5-8-22(28)23(29)11-18/h4-12,25H,13-14H2,1-3H3/t25-/m1/s1. The molecule has 1 atom stereocenters. The molecular weight excluding hydrogens is 599 g/mol. The van der Waals surface area contributed by atoms with Crippen molar-refractivity contribution < 1.29 is 9.66 Å². The normalized spacial score (nSPS) is 11.9. The van der Waals surface area contributed by atoms with Crippen molar-refractivity contribution in [2.75, 3.05) is 6.54 Å². The summed E-state index contributed by atoms with van der Waals surface area (Å²) in [4.78, 5) is 11.4. The minimum absolute atomic E-state index is 0.222. The Labute approximate surface area is 237 Å². The van der Waals surface area contributed by atoms with E-state index < -0.39 is 5.25 Å². The number of rotatable bonds is 9. The van der Waals surface area contributed by atoms with E-state index >= 15 is 0 Å². The van der Waals surface area contributed by atoms with Crippen LogP contribution in [0.2, 0.25) is 10.0 Å². The summed E-state index contributed by atoms with van der Waals surface area (Å²) in [7, 11) is 0. The number of nitro groups is 1. The Bertz CT molecular complexity index is 1460. The second-order valence-corrected chi connectivity index (χ2v) is 11.4. The van der Waals surface area contributed by atoms with Gasteiger partial charge in [0.05, 0.1) is 10.0 Å². The number of benzene rings is 3. The van der Waals surface area contributed by atoms with Gasteiger partial charge < -0.3 is 4.74 Å². The van der Waals surface area contributed by atoms with Gasteiger partial charge in [0.15, 0.2) is 5.16 Å². The summed E-state index contributed by atoms with van der Waals surface area (Å²) in [6, 6.07) is 16.8. The van der Waals surface area contributed by atoms with Crippen LogP contribution < -0.4 is 4.74 Å². The van der Waals surface area contributed by atoms with Crippen molar-refractivity contribution in [3.8, 4) is 11.4 Å². The zero-order valence-corrected chi connectivity index (χ0v) is 24.2. The first-order chi connectivity index (χ1) is 17.6. The monoisotopic (exact) mass is 620 g/mol. The minimum Gasteiger partial charge on any atom is -0.489 e. The molecule has 1 heterocycles. The Morgan fingerprint density at radius 1 is 1.03 bits per heavy atom. The molecule has 0 aliphatic rings. The zero-order chi connectivity index (χ0) is 26.7. The van der Waals surface area contributed by atoms with Crippen LogP contribution in [0.25, 0.3) is 5.69 Å². The third kappa shape index (κ3) is 6.65. The van der Waals surface area contributed by atoms with Crippen molar-refractivity contribution in [3.05, 3.63) is 107 Å². The number of hydrogen-bond acceptors (Lipinski definition) is 6. The predicted molar refractivity (Wildman–Crippen MR) is 151 cm³/mol. The Morgan fingerprint density at radius 2 is 1.81 bits per heavy atom. The lowest BCUT2D eigenvalue weighted by Gasteiger charge is -2.19. The van der Waals surface area contributed by atoms with Gasteiger partial charge in [0.25, 0.3) is 0 Å². The molecule has 37 heavy (non-hydrogen) atoms. The highest BCUT2D eigenvalue weighted by atomic mass is 79.9. The van der Waals surface area contributed by atoms with Crippen molar-refractivity contribution >= 4 is 50.9 Å². The van der Waals surface area contributed by atoms with Gasteiger partial charge in [-0.1, -0.05) is 63.0 Å². The minimum atomic E-state index is -0.592. The Kier molecular flexibility index (Phi) is 8.79. The first-order valence-electron chi connectivity index (χ1n) is 11.3. The van der Waals surface area contributed by atoms with Crippen molar-refractivity contribution in [2.24, 2.45) is 0 Å². The lowest BCUT2D eigenvalue weighted by atomic mass is 10.1. The molecule has 0 bridgehead atoms. The molecule has 0 radical (unpaired) electrons. The van der Waals surface area contributed by atoms with Crippen LogP contribution >= 0.6 is 50.9 Å². The van der Waals surface area contributed by atoms with E-state index in [-0.39, 0.29) is 18.1 Å². The molecule has 3 aromatic carbocycles. The summed E-state index contributed by atoms with van der Waals surface area (Å²) >= 11 is 16.9. The highest BCUT2D eigenvalue weighted by Crippen LogP contribution is 2.41. The maximum Gasteiger partial charge on any atom is 0.220 e. The molecule has 1 aromatic heterocycles. The van der Waals surface area contributed by atoms with Gasteiger partial charge in [0, 0.05) is 20.6 Å². The van der Waals surface area contributed by atoms with E-state index in [4.69, 9.17) is 27.9 Å². The maximum absolute atomic E-state index is 11.7. The molecule has 0 unspecified atom stereocenters. The number of halogens is 3. The van der Waals surface area contributed by atoms with E-state index in [0.717, 1.165) is 21.3 Å².